The van der Waals surface area contributed by atoms with E-state index in [1.807, 2.05) is 0 Å². The Labute approximate surface area is 55.0 Å². The van der Waals surface area contributed by atoms with E-state index in [0.29, 0.717) is 6.42 Å². The van der Waals surface area contributed by atoms with Gasteiger partial charge in [0.2, 0.25) is 5.91 Å². The molecule has 0 aliphatic rings. The first-order chi connectivity index (χ1) is 4.27. The first-order valence-electron chi connectivity index (χ1n) is 2.98. The number of primary amides is 1. The van der Waals surface area contributed by atoms with Gasteiger partial charge in [-0.25, -0.2) is 0 Å². The second-order valence-electron chi connectivity index (χ2n) is 1.87. The highest BCUT2D eigenvalue weighted by Crippen LogP contribution is 1.93. The average molecular weight is 128 g/mol. The number of unbranched alkanes of at least 4 members (excludes halogenated alkanes) is 1. The Kier molecular flexibility index (Phi) is 4.78. The van der Waals surface area contributed by atoms with Crippen LogP contribution in [0.2, 0.25) is 0 Å². The third kappa shape index (κ3) is 7.14. The molecule has 1 amide bonds. The van der Waals surface area contributed by atoms with Crippen molar-refractivity contribution in [1.82, 2.24) is 0 Å². The van der Waals surface area contributed by atoms with E-state index in [4.69, 9.17) is 5.73 Å². The number of amides is 1. The van der Waals surface area contributed by atoms with Crippen LogP contribution in [0.5, 0.6) is 0 Å². The van der Waals surface area contributed by atoms with E-state index in [1.54, 1.807) is 0 Å². The molecule has 3 heteroatoms. The summed E-state index contributed by atoms with van der Waals surface area (Å²) in [6.45, 7) is 4.04. The summed E-state index contributed by atoms with van der Waals surface area (Å²) in [5.41, 5.74) is 4.89. The minimum Gasteiger partial charge on any atom is -0.370 e. The molecule has 0 aliphatic carbocycles. The van der Waals surface area contributed by atoms with Crippen molar-refractivity contribution >= 4 is 12.6 Å². The van der Waals surface area contributed by atoms with Crippen LogP contribution >= 0.6 is 0 Å². The molecule has 2 N–H and O–H groups in total. The lowest BCUT2D eigenvalue weighted by atomic mass is 10.2. The van der Waals surface area contributed by atoms with Crippen LogP contribution in [0.15, 0.2) is 4.99 Å². The van der Waals surface area contributed by atoms with Crippen LogP contribution in [-0.2, 0) is 4.79 Å². The van der Waals surface area contributed by atoms with Crippen LogP contribution in [0.25, 0.3) is 0 Å². The third-order valence-electron chi connectivity index (χ3n) is 0.989. The molecular formula is C6H12N2O. The molecule has 0 spiro atoms. The molecule has 9 heavy (non-hydrogen) atoms. The van der Waals surface area contributed by atoms with Crippen LogP contribution in [0.3, 0.4) is 0 Å². The minimum absolute atomic E-state index is 0.237. The summed E-state index contributed by atoms with van der Waals surface area (Å²) in [5, 5.41) is 0. The lowest BCUT2D eigenvalue weighted by molar-refractivity contribution is -0.118. The van der Waals surface area contributed by atoms with E-state index in [0.717, 1.165) is 19.4 Å². The molecule has 0 atom stereocenters. The lowest BCUT2D eigenvalue weighted by Gasteiger charge is -1.91. The van der Waals surface area contributed by atoms with Gasteiger partial charge in [0.05, 0.1) is 0 Å². The van der Waals surface area contributed by atoms with Crippen LogP contribution < -0.4 is 5.73 Å². The van der Waals surface area contributed by atoms with Gasteiger partial charge in [0.15, 0.2) is 0 Å². The molecule has 0 saturated carbocycles. The summed E-state index contributed by atoms with van der Waals surface area (Å²) < 4.78 is 0. The normalized spacial score (nSPS) is 8.89. The number of hydrogen-bond donors (Lipinski definition) is 1. The van der Waals surface area contributed by atoms with Crippen molar-refractivity contribution in [3.8, 4) is 0 Å². The Morgan fingerprint density at radius 2 is 2.22 bits per heavy atom. The number of nitrogens with two attached hydrogens (primary N) is 1. The van der Waals surface area contributed by atoms with E-state index in [1.165, 1.54) is 0 Å². The summed E-state index contributed by atoms with van der Waals surface area (Å²) in [6, 6.07) is 0. The Bertz CT molecular complexity index is 101. The number of hydrogen-bond acceptors (Lipinski definition) is 2. The maximum absolute atomic E-state index is 10.1. The summed E-state index contributed by atoms with van der Waals surface area (Å²) >= 11 is 0. The molecule has 0 rings (SSSR count). The van der Waals surface area contributed by atoms with Gasteiger partial charge in [0.25, 0.3) is 0 Å². The summed E-state index contributed by atoms with van der Waals surface area (Å²) in [6.07, 6.45) is 2.20. The van der Waals surface area contributed by atoms with Crippen LogP contribution in [0.4, 0.5) is 0 Å². The Morgan fingerprint density at radius 1 is 1.56 bits per heavy atom. The van der Waals surface area contributed by atoms with Crippen LogP contribution in [0, 0.1) is 0 Å². The predicted octanol–water partition coefficient (Wildman–Crippen LogP) is 0.343. The van der Waals surface area contributed by atoms with Crippen molar-refractivity contribution < 1.29 is 4.79 Å². The zero-order chi connectivity index (χ0) is 7.11. The molecule has 0 unspecified atom stereocenters. The maximum Gasteiger partial charge on any atom is 0.217 e. The molecular weight excluding hydrogens is 116 g/mol. The van der Waals surface area contributed by atoms with Gasteiger partial charge in [0, 0.05) is 13.0 Å². The predicted molar refractivity (Wildman–Crippen MR) is 37.5 cm³/mol. The molecule has 0 aromatic heterocycles. The van der Waals surface area contributed by atoms with Gasteiger partial charge in [0.1, 0.15) is 0 Å². The van der Waals surface area contributed by atoms with E-state index < -0.39 is 0 Å². The molecule has 0 saturated heterocycles. The zero-order valence-corrected chi connectivity index (χ0v) is 5.47. The van der Waals surface area contributed by atoms with Crippen LogP contribution in [0.1, 0.15) is 19.3 Å². The molecule has 52 valence electrons. The fourth-order valence-electron chi connectivity index (χ4n) is 0.523. The van der Waals surface area contributed by atoms with Crippen molar-refractivity contribution in [2.75, 3.05) is 6.54 Å². The van der Waals surface area contributed by atoms with Gasteiger partial charge in [-0.3, -0.25) is 4.79 Å². The summed E-state index contributed by atoms with van der Waals surface area (Å²) in [4.78, 5) is 13.8. The van der Waals surface area contributed by atoms with E-state index in [2.05, 4.69) is 11.7 Å². The Hall–Kier alpha value is -0.860. The fourth-order valence-corrected chi connectivity index (χ4v) is 0.523. The Balaban J connectivity index is 2.91. The summed E-state index contributed by atoms with van der Waals surface area (Å²) in [7, 11) is 0. The molecule has 0 aromatic carbocycles. The minimum atomic E-state index is -0.237. The lowest BCUT2D eigenvalue weighted by Crippen LogP contribution is -2.09. The number of aliphatic imine (C=N–C) groups is 1. The topological polar surface area (TPSA) is 55.4 Å². The average Bonchev–Trinajstić information content (AvgIpc) is 1.80. The number of carbonyl (C=O) groups is 1. The van der Waals surface area contributed by atoms with Crippen molar-refractivity contribution in [2.45, 2.75) is 19.3 Å². The summed E-state index contributed by atoms with van der Waals surface area (Å²) in [5.74, 6) is -0.237. The largest absolute Gasteiger partial charge is 0.370 e. The van der Waals surface area contributed by atoms with Gasteiger partial charge < -0.3 is 10.7 Å². The van der Waals surface area contributed by atoms with Gasteiger partial charge in [-0.2, -0.15) is 0 Å². The zero-order valence-electron chi connectivity index (χ0n) is 5.47. The van der Waals surface area contributed by atoms with E-state index in [-0.39, 0.29) is 5.91 Å². The first-order valence-corrected chi connectivity index (χ1v) is 2.98. The molecule has 0 radical (unpaired) electrons. The first kappa shape index (κ1) is 8.14. The number of carbonyl (C=O) groups excluding carboxylic acids is 1. The smallest absolute Gasteiger partial charge is 0.217 e. The monoisotopic (exact) mass is 128 g/mol. The molecule has 0 heterocycles. The van der Waals surface area contributed by atoms with Crippen molar-refractivity contribution in [2.24, 2.45) is 10.7 Å². The molecule has 0 bridgehead atoms. The highest BCUT2D eigenvalue weighted by molar-refractivity contribution is 5.73. The van der Waals surface area contributed by atoms with Crippen molar-refractivity contribution in [3.05, 3.63) is 0 Å². The van der Waals surface area contributed by atoms with Crippen LogP contribution in [-0.4, -0.2) is 19.2 Å². The fraction of sp³-hybridized carbons (Fsp3) is 0.667. The van der Waals surface area contributed by atoms with Gasteiger partial charge >= 0.3 is 0 Å². The molecule has 3 nitrogen and oxygen atoms in total. The highest BCUT2D eigenvalue weighted by atomic mass is 16.1. The van der Waals surface area contributed by atoms with Gasteiger partial charge in [-0.15, -0.1) is 0 Å². The van der Waals surface area contributed by atoms with Crippen molar-refractivity contribution in [3.63, 3.8) is 0 Å². The van der Waals surface area contributed by atoms with Gasteiger partial charge in [-0.05, 0) is 19.6 Å². The molecule has 0 aromatic rings. The number of nitrogens with zero attached hydrogens (tertiary/aromatic N) is 1. The molecule has 0 fully saturated rings. The second-order valence-corrected chi connectivity index (χ2v) is 1.87. The van der Waals surface area contributed by atoms with Gasteiger partial charge in [-0.1, -0.05) is 0 Å². The SMILES string of the molecule is C=NCCCCC(N)=O. The quantitative estimate of drug-likeness (QED) is 0.421. The highest BCUT2D eigenvalue weighted by Gasteiger charge is 1.91. The number of rotatable bonds is 5. The Morgan fingerprint density at radius 3 is 2.67 bits per heavy atom. The maximum atomic E-state index is 10.1. The standard InChI is InChI=1S/C6H12N2O/c1-8-5-3-2-4-6(7)9/h1-5H2,(H2,7,9). The van der Waals surface area contributed by atoms with E-state index >= 15 is 0 Å². The second kappa shape index (κ2) is 5.28. The molecule has 0 aliphatic heterocycles. The van der Waals surface area contributed by atoms with E-state index in [9.17, 15) is 4.79 Å². The van der Waals surface area contributed by atoms with Crippen molar-refractivity contribution in [1.29, 1.82) is 0 Å². The third-order valence-corrected chi connectivity index (χ3v) is 0.989.